The minimum Gasteiger partial charge on any atom is -0.469 e. The number of carbonyl (C=O) groups is 2. The third kappa shape index (κ3) is 4.84. The number of rotatable bonds is 5. The van der Waals surface area contributed by atoms with Crippen LogP contribution in [0.5, 0.6) is 0 Å². The Bertz CT molecular complexity index is 785. The molecule has 26 heavy (non-hydrogen) atoms. The largest absolute Gasteiger partial charge is 0.469 e. The molecule has 0 fully saturated rings. The highest BCUT2D eigenvalue weighted by molar-refractivity contribution is 5.96. The van der Waals surface area contributed by atoms with Crippen molar-refractivity contribution in [3.8, 4) is 0 Å². The predicted octanol–water partition coefficient (Wildman–Crippen LogP) is 4.05. The zero-order chi connectivity index (χ0) is 19.3. The van der Waals surface area contributed by atoms with Crippen LogP contribution in [0.1, 0.15) is 39.5 Å². The second-order valence-corrected chi connectivity index (χ2v) is 5.76. The van der Waals surface area contributed by atoms with Gasteiger partial charge in [-0.3, -0.25) is 9.59 Å². The van der Waals surface area contributed by atoms with Gasteiger partial charge in [0, 0.05) is 0 Å². The van der Waals surface area contributed by atoms with Crippen LogP contribution in [0.4, 0.5) is 13.2 Å². The number of benzene rings is 2. The molecule has 7 heteroatoms. The fourth-order valence-electron chi connectivity index (χ4n) is 2.47. The maximum absolute atomic E-state index is 13.1. The number of hydrogen-bond donors (Lipinski definition) is 1. The average Bonchev–Trinajstić information content (AvgIpc) is 2.61. The summed E-state index contributed by atoms with van der Waals surface area (Å²) < 4.78 is 44.0. The van der Waals surface area contributed by atoms with Crippen LogP contribution in [0.2, 0.25) is 0 Å². The van der Waals surface area contributed by atoms with Crippen LogP contribution in [0, 0.1) is 6.92 Å². The van der Waals surface area contributed by atoms with Crippen LogP contribution in [-0.2, 0) is 15.7 Å². The molecule has 0 bridgehead atoms. The van der Waals surface area contributed by atoms with Gasteiger partial charge < -0.3 is 10.1 Å². The minimum atomic E-state index is -4.66. The fraction of sp³-hybridized carbons (Fsp3) is 0.263. The van der Waals surface area contributed by atoms with Crippen LogP contribution in [0.25, 0.3) is 0 Å². The van der Waals surface area contributed by atoms with E-state index in [1.54, 1.807) is 24.3 Å². The highest BCUT2D eigenvalue weighted by atomic mass is 19.4. The first-order chi connectivity index (χ1) is 12.2. The SMILES string of the molecule is COC(=O)CC(NC(=O)c1ccccc1C(F)(F)F)c1ccc(C)cc1. The number of amides is 1. The molecular formula is C19H18F3NO3. The summed E-state index contributed by atoms with van der Waals surface area (Å²) >= 11 is 0. The van der Waals surface area contributed by atoms with Gasteiger partial charge >= 0.3 is 12.1 Å². The van der Waals surface area contributed by atoms with Crippen molar-refractivity contribution < 1.29 is 27.5 Å². The number of aryl methyl sites for hydroxylation is 1. The summed E-state index contributed by atoms with van der Waals surface area (Å²) in [7, 11) is 1.20. The van der Waals surface area contributed by atoms with Crippen LogP contribution in [0.3, 0.4) is 0 Å². The van der Waals surface area contributed by atoms with E-state index in [9.17, 15) is 22.8 Å². The Kier molecular flexibility index (Phi) is 6.02. The van der Waals surface area contributed by atoms with Crippen molar-refractivity contribution in [2.75, 3.05) is 7.11 Å². The van der Waals surface area contributed by atoms with Gasteiger partial charge in [0.05, 0.1) is 30.7 Å². The van der Waals surface area contributed by atoms with Crippen molar-refractivity contribution in [2.45, 2.75) is 25.6 Å². The van der Waals surface area contributed by atoms with Crippen LogP contribution < -0.4 is 5.32 Å². The lowest BCUT2D eigenvalue weighted by molar-refractivity contribution is -0.141. The van der Waals surface area contributed by atoms with E-state index in [-0.39, 0.29) is 6.42 Å². The molecule has 0 radical (unpaired) electrons. The van der Waals surface area contributed by atoms with Crippen LogP contribution >= 0.6 is 0 Å². The number of esters is 1. The molecule has 0 aliphatic rings. The number of ether oxygens (including phenoxy) is 1. The summed E-state index contributed by atoms with van der Waals surface area (Å²) in [5.41, 5.74) is 0.0401. The molecule has 0 aromatic heterocycles. The van der Waals surface area contributed by atoms with E-state index in [2.05, 4.69) is 10.1 Å². The van der Waals surface area contributed by atoms with E-state index in [1.807, 2.05) is 6.92 Å². The topological polar surface area (TPSA) is 55.4 Å². The Hall–Kier alpha value is -2.83. The predicted molar refractivity (Wildman–Crippen MR) is 89.5 cm³/mol. The Morgan fingerprint density at radius 3 is 2.27 bits per heavy atom. The molecule has 1 unspecified atom stereocenters. The van der Waals surface area contributed by atoms with Gasteiger partial charge in [-0.2, -0.15) is 13.2 Å². The van der Waals surface area contributed by atoms with Crippen LogP contribution in [0.15, 0.2) is 48.5 Å². The van der Waals surface area contributed by atoms with E-state index in [0.717, 1.165) is 17.7 Å². The Labute approximate surface area is 149 Å². The van der Waals surface area contributed by atoms with Crippen molar-refractivity contribution in [1.29, 1.82) is 0 Å². The standard InChI is InChI=1S/C19H18F3NO3/c1-12-7-9-13(10-8-12)16(11-17(24)26-2)23-18(25)14-5-3-4-6-15(14)19(20,21)22/h3-10,16H,11H2,1-2H3,(H,23,25). The fourth-order valence-corrected chi connectivity index (χ4v) is 2.47. The molecule has 0 aliphatic heterocycles. The van der Waals surface area contributed by atoms with Crippen molar-refractivity contribution in [1.82, 2.24) is 5.32 Å². The lowest BCUT2D eigenvalue weighted by Gasteiger charge is -2.20. The van der Waals surface area contributed by atoms with Gasteiger partial charge in [0.2, 0.25) is 0 Å². The molecule has 138 valence electrons. The molecule has 4 nitrogen and oxygen atoms in total. The summed E-state index contributed by atoms with van der Waals surface area (Å²) in [5.74, 6) is -1.49. The molecule has 1 amide bonds. The molecule has 0 saturated heterocycles. The lowest BCUT2D eigenvalue weighted by Crippen LogP contribution is -2.32. The normalized spacial score (nSPS) is 12.3. The van der Waals surface area contributed by atoms with E-state index in [1.165, 1.54) is 19.2 Å². The number of methoxy groups -OCH3 is 1. The van der Waals surface area contributed by atoms with Gasteiger partial charge in [-0.25, -0.2) is 0 Å². The number of alkyl halides is 3. The van der Waals surface area contributed by atoms with Crippen molar-refractivity contribution in [3.05, 3.63) is 70.8 Å². The summed E-state index contributed by atoms with van der Waals surface area (Å²) in [6.45, 7) is 1.87. The molecule has 0 heterocycles. The van der Waals surface area contributed by atoms with Crippen molar-refractivity contribution in [3.63, 3.8) is 0 Å². The molecule has 2 aromatic rings. The first-order valence-corrected chi connectivity index (χ1v) is 7.83. The Morgan fingerprint density at radius 2 is 1.69 bits per heavy atom. The number of carbonyl (C=O) groups excluding carboxylic acids is 2. The third-order valence-electron chi connectivity index (χ3n) is 3.86. The van der Waals surface area contributed by atoms with E-state index >= 15 is 0 Å². The van der Waals surface area contributed by atoms with E-state index < -0.39 is 35.2 Å². The molecule has 1 N–H and O–H groups in total. The molecule has 0 saturated carbocycles. The molecule has 2 aromatic carbocycles. The number of hydrogen-bond acceptors (Lipinski definition) is 3. The first-order valence-electron chi connectivity index (χ1n) is 7.83. The smallest absolute Gasteiger partial charge is 0.417 e. The van der Waals surface area contributed by atoms with E-state index in [0.29, 0.717) is 5.56 Å². The van der Waals surface area contributed by atoms with Crippen molar-refractivity contribution >= 4 is 11.9 Å². The number of nitrogens with one attached hydrogen (secondary N) is 1. The molecule has 2 rings (SSSR count). The van der Waals surface area contributed by atoms with Gasteiger partial charge in [-0.05, 0) is 24.6 Å². The summed E-state index contributed by atoms with van der Waals surface area (Å²) in [6, 6.07) is 10.7. The summed E-state index contributed by atoms with van der Waals surface area (Å²) in [6.07, 6.45) is -4.85. The monoisotopic (exact) mass is 365 g/mol. The van der Waals surface area contributed by atoms with Crippen molar-refractivity contribution in [2.24, 2.45) is 0 Å². The maximum atomic E-state index is 13.1. The van der Waals surface area contributed by atoms with Gasteiger partial charge in [-0.15, -0.1) is 0 Å². The summed E-state index contributed by atoms with van der Waals surface area (Å²) in [4.78, 5) is 24.1. The highest BCUT2D eigenvalue weighted by Gasteiger charge is 2.35. The highest BCUT2D eigenvalue weighted by Crippen LogP contribution is 2.32. The average molecular weight is 365 g/mol. The third-order valence-corrected chi connectivity index (χ3v) is 3.86. The quantitative estimate of drug-likeness (QED) is 0.814. The summed E-state index contributed by atoms with van der Waals surface area (Å²) in [5, 5.41) is 2.51. The zero-order valence-electron chi connectivity index (χ0n) is 14.3. The van der Waals surface area contributed by atoms with Gasteiger partial charge in [0.25, 0.3) is 5.91 Å². The van der Waals surface area contributed by atoms with Gasteiger partial charge in [0.15, 0.2) is 0 Å². The Morgan fingerprint density at radius 1 is 1.08 bits per heavy atom. The molecule has 0 spiro atoms. The zero-order valence-corrected chi connectivity index (χ0v) is 14.3. The van der Waals surface area contributed by atoms with Gasteiger partial charge in [-0.1, -0.05) is 42.0 Å². The van der Waals surface area contributed by atoms with E-state index in [4.69, 9.17) is 0 Å². The van der Waals surface area contributed by atoms with Crippen LogP contribution in [-0.4, -0.2) is 19.0 Å². The number of halogens is 3. The second-order valence-electron chi connectivity index (χ2n) is 5.76. The Balaban J connectivity index is 2.32. The second kappa shape index (κ2) is 8.03. The van der Waals surface area contributed by atoms with Gasteiger partial charge in [0.1, 0.15) is 0 Å². The molecule has 0 aliphatic carbocycles. The molecule has 1 atom stereocenters. The molecular weight excluding hydrogens is 347 g/mol. The minimum absolute atomic E-state index is 0.195. The first kappa shape index (κ1) is 19.5. The maximum Gasteiger partial charge on any atom is 0.417 e. The lowest BCUT2D eigenvalue weighted by atomic mass is 10.0.